The zero-order valence-electron chi connectivity index (χ0n) is 17.6. The van der Waals surface area contributed by atoms with E-state index < -0.39 is 5.60 Å². The van der Waals surface area contributed by atoms with Crippen LogP contribution in [0, 0.1) is 6.92 Å². The van der Waals surface area contributed by atoms with Crippen LogP contribution in [0.15, 0.2) is 18.2 Å². The third kappa shape index (κ3) is 9.54. The molecule has 1 aromatic carbocycles. The lowest BCUT2D eigenvalue weighted by Gasteiger charge is -2.27. The minimum atomic E-state index is -0.503. The molecule has 0 aliphatic carbocycles. The van der Waals surface area contributed by atoms with E-state index in [9.17, 15) is 9.59 Å². The maximum atomic E-state index is 12.0. The van der Waals surface area contributed by atoms with Gasteiger partial charge in [0.1, 0.15) is 5.75 Å². The SMILES string of the molecule is CC(=O)c1ccc(OCC(=O)NCC(C)(C)OCCOC(C)(C)C)cc1C. The Morgan fingerprint density at radius 1 is 1.04 bits per heavy atom. The molecule has 152 valence electrons. The largest absolute Gasteiger partial charge is 0.484 e. The third-order valence-corrected chi connectivity index (χ3v) is 3.77. The molecule has 6 nitrogen and oxygen atoms in total. The highest BCUT2D eigenvalue weighted by atomic mass is 16.5. The summed E-state index contributed by atoms with van der Waals surface area (Å²) in [5.41, 5.74) is 0.782. The average molecular weight is 379 g/mol. The van der Waals surface area contributed by atoms with Crippen LogP contribution in [0.5, 0.6) is 5.75 Å². The van der Waals surface area contributed by atoms with Crippen molar-refractivity contribution in [1.29, 1.82) is 0 Å². The molecule has 0 saturated heterocycles. The van der Waals surface area contributed by atoms with E-state index in [1.807, 2.05) is 41.5 Å². The molecular formula is C21H33NO5. The van der Waals surface area contributed by atoms with E-state index in [4.69, 9.17) is 14.2 Å². The van der Waals surface area contributed by atoms with E-state index >= 15 is 0 Å². The molecule has 0 spiro atoms. The Morgan fingerprint density at radius 2 is 1.67 bits per heavy atom. The number of rotatable bonds is 10. The molecule has 0 atom stereocenters. The Hall–Kier alpha value is -1.92. The van der Waals surface area contributed by atoms with E-state index in [0.29, 0.717) is 31.1 Å². The first kappa shape index (κ1) is 23.1. The lowest BCUT2D eigenvalue weighted by atomic mass is 10.1. The van der Waals surface area contributed by atoms with E-state index in [-0.39, 0.29) is 23.9 Å². The van der Waals surface area contributed by atoms with Crippen molar-refractivity contribution in [2.24, 2.45) is 0 Å². The smallest absolute Gasteiger partial charge is 0.258 e. The van der Waals surface area contributed by atoms with E-state index in [1.165, 1.54) is 6.92 Å². The van der Waals surface area contributed by atoms with Gasteiger partial charge in [0, 0.05) is 12.1 Å². The number of nitrogens with one attached hydrogen (secondary N) is 1. The first-order valence-electron chi connectivity index (χ1n) is 9.19. The zero-order chi connectivity index (χ0) is 20.7. The van der Waals surface area contributed by atoms with E-state index in [1.54, 1.807) is 18.2 Å². The summed E-state index contributed by atoms with van der Waals surface area (Å²) in [6.45, 7) is 14.4. The Labute approximate surface area is 162 Å². The summed E-state index contributed by atoms with van der Waals surface area (Å²) < 4.78 is 16.9. The molecule has 27 heavy (non-hydrogen) atoms. The topological polar surface area (TPSA) is 73.9 Å². The van der Waals surface area contributed by atoms with Gasteiger partial charge >= 0.3 is 0 Å². The first-order chi connectivity index (χ1) is 12.4. The van der Waals surface area contributed by atoms with Crippen LogP contribution in [0.2, 0.25) is 0 Å². The number of hydrogen-bond donors (Lipinski definition) is 1. The van der Waals surface area contributed by atoms with Gasteiger partial charge in [-0.3, -0.25) is 9.59 Å². The molecule has 0 aromatic heterocycles. The van der Waals surface area contributed by atoms with Crippen LogP contribution >= 0.6 is 0 Å². The molecule has 6 heteroatoms. The maximum absolute atomic E-state index is 12.0. The molecule has 1 aromatic rings. The van der Waals surface area contributed by atoms with Gasteiger partial charge in [0.05, 0.1) is 24.4 Å². The van der Waals surface area contributed by atoms with Crippen LogP contribution in [0.3, 0.4) is 0 Å². The van der Waals surface area contributed by atoms with Crippen LogP contribution in [0.25, 0.3) is 0 Å². The molecule has 1 N–H and O–H groups in total. The second-order valence-electron chi connectivity index (χ2n) is 8.17. The summed E-state index contributed by atoms with van der Waals surface area (Å²) in [5, 5.41) is 2.81. The van der Waals surface area contributed by atoms with Gasteiger partial charge in [0.15, 0.2) is 12.4 Å². The summed E-state index contributed by atoms with van der Waals surface area (Å²) in [4.78, 5) is 23.5. The van der Waals surface area contributed by atoms with Gasteiger partial charge in [-0.1, -0.05) is 0 Å². The number of ether oxygens (including phenoxy) is 3. The van der Waals surface area contributed by atoms with E-state index in [2.05, 4.69) is 5.32 Å². The van der Waals surface area contributed by atoms with E-state index in [0.717, 1.165) is 5.56 Å². The predicted octanol–water partition coefficient (Wildman–Crippen LogP) is 3.30. The van der Waals surface area contributed by atoms with Crippen molar-refractivity contribution in [2.45, 2.75) is 59.7 Å². The number of carbonyl (C=O) groups excluding carboxylic acids is 2. The van der Waals surface area contributed by atoms with Crippen molar-refractivity contribution in [3.05, 3.63) is 29.3 Å². The number of Topliss-reactive ketones (excluding diaryl/α,β-unsaturated/α-hetero) is 1. The van der Waals surface area contributed by atoms with Gasteiger partial charge in [-0.05, 0) is 72.2 Å². The predicted molar refractivity (Wildman–Crippen MR) is 105 cm³/mol. The normalized spacial score (nSPS) is 12.0. The fourth-order valence-corrected chi connectivity index (χ4v) is 2.35. The Bertz CT molecular complexity index is 646. The quantitative estimate of drug-likeness (QED) is 0.499. The molecule has 0 radical (unpaired) electrons. The van der Waals surface area contributed by atoms with Gasteiger partial charge in [-0.2, -0.15) is 0 Å². The Balaban J connectivity index is 2.35. The maximum Gasteiger partial charge on any atom is 0.258 e. The number of aryl methyl sites for hydroxylation is 1. The van der Waals surface area contributed by atoms with Crippen molar-refractivity contribution in [3.63, 3.8) is 0 Å². The summed E-state index contributed by atoms with van der Waals surface area (Å²) >= 11 is 0. The highest BCUT2D eigenvalue weighted by Gasteiger charge is 2.20. The highest BCUT2D eigenvalue weighted by molar-refractivity contribution is 5.95. The monoisotopic (exact) mass is 379 g/mol. The van der Waals surface area contributed by atoms with Crippen molar-refractivity contribution < 1.29 is 23.8 Å². The van der Waals surface area contributed by atoms with Gasteiger partial charge in [0.2, 0.25) is 0 Å². The summed E-state index contributed by atoms with van der Waals surface area (Å²) in [6.07, 6.45) is 0. The molecule has 0 bridgehead atoms. The van der Waals surface area contributed by atoms with Crippen LogP contribution in [-0.4, -0.2) is 49.3 Å². The van der Waals surface area contributed by atoms with Crippen molar-refractivity contribution in [3.8, 4) is 5.75 Å². The Kier molecular flexibility index (Phi) is 8.44. The standard InChI is InChI=1S/C21H33NO5/c1-15-12-17(8-9-18(15)16(2)23)25-13-19(24)22-14-21(6,7)27-11-10-26-20(3,4)5/h8-9,12H,10-11,13-14H2,1-7H3,(H,22,24). The van der Waals surface area contributed by atoms with Gasteiger partial charge in [0.25, 0.3) is 5.91 Å². The second kappa shape index (κ2) is 9.85. The van der Waals surface area contributed by atoms with Crippen molar-refractivity contribution >= 4 is 11.7 Å². The Morgan fingerprint density at radius 3 is 2.22 bits per heavy atom. The molecule has 0 fully saturated rings. The molecule has 1 amide bonds. The minimum absolute atomic E-state index is 0.00641. The van der Waals surface area contributed by atoms with Gasteiger partial charge in [-0.15, -0.1) is 0 Å². The lowest BCUT2D eigenvalue weighted by molar-refractivity contribution is -0.125. The highest BCUT2D eigenvalue weighted by Crippen LogP contribution is 2.17. The summed E-state index contributed by atoms with van der Waals surface area (Å²) in [5.74, 6) is 0.334. The van der Waals surface area contributed by atoms with Gasteiger partial charge < -0.3 is 19.5 Å². The molecule has 1 rings (SSSR count). The van der Waals surface area contributed by atoms with Crippen LogP contribution in [-0.2, 0) is 14.3 Å². The molecule has 0 aliphatic rings. The molecule has 0 aliphatic heterocycles. The average Bonchev–Trinajstić information content (AvgIpc) is 2.54. The van der Waals surface area contributed by atoms with Crippen LogP contribution in [0.1, 0.15) is 57.5 Å². The number of carbonyl (C=O) groups is 2. The lowest BCUT2D eigenvalue weighted by Crippen LogP contribution is -2.42. The number of hydrogen-bond acceptors (Lipinski definition) is 5. The van der Waals surface area contributed by atoms with Gasteiger partial charge in [-0.25, -0.2) is 0 Å². The molecule has 0 saturated carbocycles. The molecule has 0 unspecified atom stereocenters. The fraction of sp³-hybridized carbons (Fsp3) is 0.619. The zero-order valence-corrected chi connectivity index (χ0v) is 17.6. The minimum Gasteiger partial charge on any atom is -0.484 e. The first-order valence-corrected chi connectivity index (χ1v) is 9.19. The summed E-state index contributed by atoms with van der Waals surface area (Å²) in [7, 11) is 0. The van der Waals surface area contributed by atoms with Crippen LogP contribution < -0.4 is 10.1 Å². The summed E-state index contributed by atoms with van der Waals surface area (Å²) in [6, 6.07) is 5.16. The second-order valence-corrected chi connectivity index (χ2v) is 8.17. The third-order valence-electron chi connectivity index (χ3n) is 3.77. The van der Waals surface area contributed by atoms with Crippen molar-refractivity contribution in [1.82, 2.24) is 5.32 Å². The fourth-order valence-electron chi connectivity index (χ4n) is 2.35. The van der Waals surface area contributed by atoms with Crippen LogP contribution in [0.4, 0.5) is 0 Å². The number of benzene rings is 1. The molecule has 0 heterocycles. The number of amides is 1. The number of ketones is 1. The van der Waals surface area contributed by atoms with Crippen molar-refractivity contribution in [2.75, 3.05) is 26.4 Å². The molecular weight excluding hydrogens is 346 g/mol.